The standard InChI is InChI=1S/C19H21N3O3/c1-12-10-16(14-6-5-7-15(11-14)19(24)25)21-18(20-12)17-8-3-4-9-22(17)13(2)23/h5-7,10-11,17H,3-4,8-9H2,1-2H3,(H,24,25)/t17-/m1/s1. The van der Waals surface area contributed by atoms with E-state index in [-0.39, 0.29) is 17.5 Å². The van der Waals surface area contributed by atoms with Crippen LogP contribution in [0.15, 0.2) is 30.3 Å². The molecule has 2 aromatic rings. The van der Waals surface area contributed by atoms with Crippen LogP contribution < -0.4 is 0 Å². The Kier molecular flexibility index (Phi) is 4.79. The maximum atomic E-state index is 11.9. The molecule has 0 unspecified atom stereocenters. The molecule has 0 spiro atoms. The molecule has 1 saturated heterocycles. The molecule has 1 N–H and O–H groups in total. The highest BCUT2D eigenvalue weighted by atomic mass is 16.4. The van der Waals surface area contributed by atoms with Gasteiger partial charge in [-0.15, -0.1) is 0 Å². The molecule has 0 radical (unpaired) electrons. The number of carbonyl (C=O) groups excluding carboxylic acids is 1. The number of carboxylic acid groups (broad SMARTS) is 1. The predicted octanol–water partition coefficient (Wildman–Crippen LogP) is 3.22. The summed E-state index contributed by atoms with van der Waals surface area (Å²) in [5, 5.41) is 9.19. The van der Waals surface area contributed by atoms with E-state index in [1.54, 1.807) is 25.1 Å². The molecule has 3 rings (SSSR count). The minimum absolute atomic E-state index is 0.0317. The van der Waals surface area contributed by atoms with Crippen LogP contribution in [0.2, 0.25) is 0 Å². The van der Waals surface area contributed by atoms with E-state index in [4.69, 9.17) is 0 Å². The lowest BCUT2D eigenvalue weighted by atomic mass is 10.0. The van der Waals surface area contributed by atoms with E-state index in [2.05, 4.69) is 9.97 Å². The van der Waals surface area contributed by atoms with Crippen molar-refractivity contribution in [3.05, 3.63) is 47.4 Å². The first-order valence-electron chi connectivity index (χ1n) is 8.42. The van der Waals surface area contributed by atoms with E-state index in [9.17, 15) is 14.7 Å². The van der Waals surface area contributed by atoms with Gasteiger partial charge < -0.3 is 10.0 Å². The summed E-state index contributed by atoms with van der Waals surface area (Å²) < 4.78 is 0. The summed E-state index contributed by atoms with van der Waals surface area (Å²) in [4.78, 5) is 34.2. The lowest BCUT2D eigenvalue weighted by molar-refractivity contribution is -0.132. The van der Waals surface area contributed by atoms with Gasteiger partial charge in [-0.2, -0.15) is 0 Å². The van der Waals surface area contributed by atoms with Crippen LogP contribution in [0.5, 0.6) is 0 Å². The summed E-state index contributed by atoms with van der Waals surface area (Å²) in [7, 11) is 0. The van der Waals surface area contributed by atoms with Gasteiger partial charge in [0.1, 0.15) is 0 Å². The zero-order chi connectivity index (χ0) is 18.0. The molecule has 0 bridgehead atoms. The third-order valence-corrected chi connectivity index (χ3v) is 4.48. The van der Waals surface area contributed by atoms with Gasteiger partial charge in [0.2, 0.25) is 5.91 Å². The normalized spacial score (nSPS) is 17.4. The molecule has 0 aliphatic carbocycles. The topological polar surface area (TPSA) is 83.4 Å². The van der Waals surface area contributed by atoms with Crippen LogP contribution >= 0.6 is 0 Å². The van der Waals surface area contributed by atoms with Crippen LogP contribution in [0.1, 0.15) is 54.1 Å². The Hall–Kier alpha value is -2.76. The molecule has 1 aromatic carbocycles. The van der Waals surface area contributed by atoms with Crippen molar-refractivity contribution in [3.8, 4) is 11.3 Å². The zero-order valence-corrected chi connectivity index (χ0v) is 14.4. The fraction of sp³-hybridized carbons (Fsp3) is 0.368. The molecule has 1 aromatic heterocycles. The smallest absolute Gasteiger partial charge is 0.335 e. The van der Waals surface area contributed by atoms with Gasteiger partial charge in [0.05, 0.1) is 17.3 Å². The molecule has 1 aliphatic heterocycles. The Morgan fingerprint density at radius 2 is 2.00 bits per heavy atom. The summed E-state index contributed by atoms with van der Waals surface area (Å²) in [5.74, 6) is -0.308. The predicted molar refractivity (Wildman–Crippen MR) is 93.1 cm³/mol. The molecular formula is C19H21N3O3. The van der Waals surface area contributed by atoms with E-state index in [0.717, 1.165) is 37.1 Å². The Morgan fingerprint density at radius 3 is 2.72 bits per heavy atom. The summed E-state index contributed by atoms with van der Waals surface area (Å²) in [6, 6.07) is 8.43. The van der Waals surface area contributed by atoms with Gasteiger partial charge in [0, 0.05) is 24.7 Å². The van der Waals surface area contributed by atoms with Crippen LogP contribution in [0, 0.1) is 6.92 Å². The van der Waals surface area contributed by atoms with Crippen LogP contribution in [0.4, 0.5) is 0 Å². The maximum absolute atomic E-state index is 11.9. The number of rotatable bonds is 3. The van der Waals surface area contributed by atoms with E-state index >= 15 is 0 Å². The number of nitrogens with zero attached hydrogens (tertiary/aromatic N) is 3. The largest absolute Gasteiger partial charge is 0.478 e. The highest BCUT2D eigenvalue weighted by Crippen LogP contribution is 2.30. The van der Waals surface area contributed by atoms with Crippen molar-refractivity contribution in [2.75, 3.05) is 6.54 Å². The first-order valence-corrected chi connectivity index (χ1v) is 8.42. The van der Waals surface area contributed by atoms with Crippen molar-refractivity contribution in [3.63, 3.8) is 0 Å². The summed E-state index contributed by atoms with van der Waals surface area (Å²) in [5.41, 5.74) is 2.43. The van der Waals surface area contributed by atoms with Gasteiger partial charge >= 0.3 is 5.97 Å². The minimum Gasteiger partial charge on any atom is -0.478 e. The number of hydrogen-bond acceptors (Lipinski definition) is 4. The van der Waals surface area contributed by atoms with Gasteiger partial charge in [-0.25, -0.2) is 14.8 Å². The van der Waals surface area contributed by atoms with Gasteiger partial charge in [-0.05, 0) is 44.4 Å². The lowest BCUT2D eigenvalue weighted by Crippen LogP contribution is -2.37. The first kappa shape index (κ1) is 17.1. The monoisotopic (exact) mass is 339 g/mol. The van der Waals surface area contributed by atoms with Crippen molar-refractivity contribution in [2.24, 2.45) is 0 Å². The molecule has 2 heterocycles. The van der Waals surface area contributed by atoms with Gasteiger partial charge in [0.15, 0.2) is 5.82 Å². The fourth-order valence-corrected chi connectivity index (χ4v) is 3.28. The number of aromatic nitrogens is 2. The second-order valence-electron chi connectivity index (χ2n) is 6.36. The van der Waals surface area contributed by atoms with Gasteiger partial charge in [-0.1, -0.05) is 12.1 Å². The number of likely N-dealkylation sites (tertiary alicyclic amines) is 1. The van der Waals surface area contributed by atoms with E-state index in [1.165, 1.54) is 0 Å². The molecule has 1 amide bonds. The molecule has 1 fully saturated rings. The van der Waals surface area contributed by atoms with Crippen LogP contribution in [-0.4, -0.2) is 38.4 Å². The average molecular weight is 339 g/mol. The van der Waals surface area contributed by atoms with E-state index in [0.29, 0.717) is 11.5 Å². The number of piperidine rings is 1. The molecule has 6 nitrogen and oxygen atoms in total. The van der Waals surface area contributed by atoms with Crippen molar-refractivity contribution < 1.29 is 14.7 Å². The number of amides is 1. The molecule has 130 valence electrons. The maximum Gasteiger partial charge on any atom is 0.335 e. The van der Waals surface area contributed by atoms with Crippen molar-refractivity contribution in [2.45, 2.75) is 39.2 Å². The second kappa shape index (κ2) is 7.01. The number of carboxylic acids is 1. The fourth-order valence-electron chi connectivity index (χ4n) is 3.28. The number of aryl methyl sites for hydroxylation is 1. The Bertz CT molecular complexity index is 819. The average Bonchev–Trinajstić information content (AvgIpc) is 2.61. The first-order chi connectivity index (χ1) is 12.0. The Morgan fingerprint density at radius 1 is 1.20 bits per heavy atom. The lowest BCUT2D eigenvalue weighted by Gasteiger charge is -2.34. The van der Waals surface area contributed by atoms with Crippen LogP contribution in [-0.2, 0) is 4.79 Å². The Labute approximate surface area is 146 Å². The third-order valence-electron chi connectivity index (χ3n) is 4.48. The summed E-state index contributed by atoms with van der Waals surface area (Å²) >= 11 is 0. The Balaban J connectivity index is 2.02. The molecular weight excluding hydrogens is 318 g/mol. The van der Waals surface area contributed by atoms with Crippen molar-refractivity contribution in [1.82, 2.24) is 14.9 Å². The number of benzene rings is 1. The molecule has 0 saturated carbocycles. The summed E-state index contributed by atoms with van der Waals surface area (Å²) in [6.45, 7) is 4.18. The summed E-state index contributed by atoms with van der Waals surface area (Å²) in [6.07, 6.45) is 2.88. The highest BCUT2D eigenvalue weighted by molar-refractivity contribution is 5.89. The van der Waals surface area contributed by atoms with Crippen LogP contribution in [0.3, 0.4) is 0 Å². The second-order valence-corrected chi connectivity index (χ2v) is 6.36. The quantitative estimate of drug-likeness (QED) is 0.928. The number of hydrogen-bond donors (Lipinski definition) is 1. The molecule has 25 heavy (non-hydrogen) atoms. The highest BCUT2D eigenvalue weighted by Gasteiger charge is 2.28. The number of carbonyl (C=O) groups is 2. The van der Waals surface area contributed by atoms with Gasteiger partial charge in [0.25, 0.3) is 0 Å². The molecule has 6 heteroatoms. The van der Waals surface area contributed by atoms with E-state index in [1.807, 2.05) is 24.0 Å². The van der Waals surface area contributed by atoms with Crippen molar-refractivity contribution in [1.29, 1.82) is 0 Å². The van der Waals surface area contributed by atoms with Gasteiger partial charge in [-0.3, -0.25) is 4.79 Å². The van der Waals surface area contributed by atoms with Crippen LogP contribution in [0.25, 0.3) is 11.3 Å². The third kappa shape index (κ3) is 3.68. The molecule has 1 aliphatic rings. The zero-order valence-electron chi connectivity index (χ0n) is 14.4. The number of aromatic carboxylic acids is 1. The minimum atomic E-state index is -0.970. The van der Waals surface area contributed by atoms with Crippen molar-refractivity contribution >= 4 is 11.9 Å². The molecule has 1 atom stereocenters. The SMILES string of the molecule is CC(=O)N1CCCC[C@@H]1c1nc(C)cc(-c2cccc(C(=O)O)c2)n1. The van der Waals surface area contributed by atoms with E-state index < -0.39 is 5.97 Å².